The van der Waals surface area contributed by atoms with Crippen molar-refractivity contribution in [3.63, 3.8) is 0 Å². The summed E-state index contributed by atoms with van der Waals surface area (Å²) < 4.78 is 11.0. The Morgan fingerprint density at radius 2 is 1.17 bits per heavy atom. The number of unbranched alkanes of at least 4 members (excludes halogenated alkanes) is 8. The fourth-order valence-corrected chi connectivity index (χ4v) is 4.15. The van der Waals surface area contributed by atoms with Gasteiger partial charge in [0.15, 0.2) is 0 Å². The molecule has 2 unspecified atom stereocenters. The summed E-state index contributed by atoms with van der Waals surface area (Å²) in [5, 5.41) is 0. The van der Waals surface area contributed by atoms with Crippen molar-refractivity contribution in [3.8, 4) is 0 Å². The molecule has 1 saturated carbocycles. The quantitative estimate of drug-likeness (QED) is 0.206. The van der Waals surface area contributed by atoms with Crippen molar-refractivity contribution in [2.24, 2.45) is 17.8 Å². The molecule has 0 aliphatic heterocycles. The van der Waals surface area contributed by atoms with Crippen LogP contribution in [0.4, 0.5) is 0 Å². The molecule has 4 nitrogen and oxygen atoms in total. The molecule has 1 aliphatic rings. The summed E-state index contributed by atoms with van der Waals surface area (Å²) in [5.41, 5.74) is 0. The van der Waals surface area contributed by atoms with Gasteiger partial charge >= 0.3 is 11.9 Å². The van der Waals surface area contributed by atoms with Gasteiger partial charge in [-0.2, -0.15) is 0 Å². The van der Waals surface area contributed by atoms with Crippen LogP contribution < -0.4 is 0 Å². The second-order valence-electron chi connectivity index (χ2n) is 9.20. The first-order valence-corrected chi connectivity index (χ1v) is 12.4. The summed E-state index contributed by atoms with van der Waals surface area (Å²) >= 11 is 0. The molecule has 0 radical (unpaired) electrons. The Bertz CT molecular complexity index is 433. The number of hydrogen-bond acceptors (Lipinski definition) is 4. The van der Waals surface area contributed by atoms with Gasteiger partial charge in [0.25, 0.3) is 0 Å². The summed E-state index contributed by atoms with van der Waals surface area (Å²) in [7, 11) is 0. The lowest BCUT2D eigenvalue weighted by Gasteiger charge is -2.28. The molecule has 0 N–H and O–H groups in total. The van der Waals surface area contributed by atoms with Crippen LogP contribution in [-0.2, 0) is 19.1 Å². The van der Waals surface area contributed by atoms with Gasteiger partial charge in [0.1, 0.15) is 0 Å². The van der Waals surface area contributed by atoms with Crippen LogP contribution >= 0.6 is 0 Å². The summed E-state index contributed by atoms with van der Waals surface area (Å²) in [4.78, 5) is 25.0. The van der Waals surface area contributed by atoms with E-state index in [9.17, 15) is 9.59 Å². The molecule has 0 spiro atoms. The van der Waals surface area contributed by atoms with Crippen LogP contribution in [-0.4, -0.2) is 25.2 Å². The van der Waals surface area contributed by atoms with Crippen LogP contribution in [0.15, 0.2) is 0 Å². The van der Waals surface area contributed by atoms with E-state index in [2.05, 4.69) is 20.8 Å². The van der Waals surface area contributed by atoms with Crippen LogP contribution in [0.25, 0.3) is 0 Å². The van der Waals surface area contributed by atoms with Gasteiger partial charge < -0.3 is 9.47 Å². The van der Waals surface area contributed by atoms with Crippen molar-refractivity contribution in [3.05, 3.63) is 0 Å². The first-order valence-electron chi connectivity index (χ1n) is 12.4. The average molecular weight is 411 g/mol. The summed E-state index contributed by atoms with van der Waals surface area (Å²) in [5.74, 6) is -0.195. The van der Waals surface area contributed by atoms with E-state index < -0.39 is 0 Å². The van der Waals surface area contributed by atoms with Crippen molar-refractivity contribution in [1.82, 2.24) is 0 Å². The highest BCUT2D eigenvalue weighted by Gasteiger charge is 2.37. The second-order valence-corrected chi connectivity index (χ2v) is 9.20. The Labute approximate surface area is 179 Å². The minimum absolute atomic E-state index is 0.186. The summed E-state index contributed by atoms with van der Waals surface area (Å²) in [6.45, 7) is 7.69. The van der Waals surface area contributed by atoms with Gasteiger partial charge in [0.05, 0.1) is 25.0 Å². The molecule has 1 rings (SSSR count). The molecule has 0 aromatic heterocycles. The lowest BCUT2D eigenvalue weighted by atomic mass is 9.79. The zero-order chi connectivity index (χ0) is 21.3. The van der Waals surface area contributed by atoms with E-state index in [1.54, 1.807) is 0 Å². The smallest absolute Gasteiger partial charge is 0.309 e. The number of hydrogen-bond donors (Lipinski definition) is 0. The Morgan fingerprint density at radius 3 is 1.66 bits per heavy atom. The van der Waals surface area contributed by atoms with Crippen molar-refractivity contribution >= 4 is 11.9 Å². The van der Waals surface area contributed by atoms with Gasteiger partial charge in [0, 0.05) is 0 Å². The predicted molar refractivity (Wildman–Crippen MR) is 119 cm³/mol. The highest BCUT2D eigenvalue weighted by Crippen LogP contribution is 2.32. The van der Waals surface area contributed by atoms with E-state index in [1.807, 2.05) is 0 Å². The number of esters is 2. The molecule has 0 saturated heterocycles. The normalized spacial score (nSPS) is 19.3. The third-order valence-corrected chi connectivity index (χ3v) is 6.03. The Morgan fingerprint density at radius 1 is 0.724 bits per heavy atom. The molecule has 1 aliphatic carbocycles. The fourth-order valence-electron chi connectivity index (χ4n) is 4.15. The van der Waals surface area contributed by atoms with Gasteiger partial charge in [0.2, 0.25) is 0 Å². The number of carbonyl (C=O) groups excluding carboxylic acids is 2. The van der Waals surface area contributed by atoms with Gasteiger partial charge in [-0.15, -0.1) is 0 Å². The van der Waals surface area contributed by atoms with Gasteiger partial charge in [-0.1, -0.05) is 91.4 Å². The van der Waals surface area contributed by atoms with Crippen molar-refractivity contribution in [2.75, 3.05) is 13.2 Å². The number of ether oxygens (including phenoxy) is 2. The highest BCUT2D eigenvalue weighted by atomic mass is 16.5. The maximum atomic E-state index is 12.5. The molecule has 0 amide bonds. The molecule has 29 heavy (non-hydrogen) atoms. The van der Waals surface area contributed by atoms with E-state index in [0.29, 0.717) is 13.2 Å². The molecule has 4 heteroatoms. The largest absolute Gasteiger partial charge is 0.465 e. The van der Waals surface area contributed by atoms with Crippen molar-refractivity contribution in [2.45, 2.75) is 117 Å². The minimum atomic E-state index is -0.303. The average Bonchev–Trinajstić information content (AvgIpc) is 2.72. The van der Waals surface area contributed by atoms with Gasteiger partial charge in [-0.25, -0.2) is 0 Å². The molecule has 2 atom stereocenters. The molecule has 0 aromatic rings. The molecule has 1 fully saturated rings. The first-order chi connectivity index (χ1) is 14.1. The van der Waals surface area contributed by atoms with Gasteiger partial charge in [-0.3, -0.25) is 9.59 Å². The van der Waals surface area contributed by atoms with Crippen LogP contribution in [0.2, 0.25) is 0 Å². The summed E-state index contributed by atoms with van der Waals surface area (Å²) in [6.07, 6.45) is 16.3. The molecule has 0 aromatic carbocycles. The zero-order valence-corrected chi connectivity index (χ0v) is 19.4. The molecule has 0 heterocycles. The van der Waals surface area contributed by atoms with Crippen molar-refractivity contribution in [1.29, 1.82) is 0 Å². The van der Waals surface area contributed by atoms with Gasteiger partial charge in [-0.05, 0) is 31.6 Å². The van der Waals surface area contributed by atoms with E-state index in [-0.39, 0.29) is 23.8 Å². The lowest BCUT2D eigenvalue weighted by molar-refractivity contribution is -0.163. The minimum Gasteiger partial charge on any atom is -0.465 e. The third-order valence-electron chi connectivity index (χ3n) is 6.03. The first kappa shape index (κ1) is 26.0. The predicted octanol–water partition coefficient (Wildman–Crippen LogP) is 6.85. The monoisotopic (exact) mass is 410 g/mol. The van der Waals surface area contributed by atoms with E-state index in [1.165, 1.54) is 44.9 Å². The Hall–Kier alpha value is -1.06. The highest BCUT2D eigenvalue weighted by molar-refractivity contribution is 5.82. The standard InChI is InChI=1S/C25H46O4/c1-4-5-6-9-14-19-28-24(26)22-17-12-13-18-23(22)25(27)29-20-15-10-7-8-11-16-21(2)3/h21-23H,4-20H2,1-3H3. The Kier molecular flexibility index (Phi) is 15.0. The number of carbonyl (C=O) groups is 2. The SMILES string of the molecule is CCCCCCCOC(=O)C1CCCCC1C(=O)OCCCCCCCC(C)C. The zero-order valence-electron chi connectivity index (χ0n) is 19.4. The molecular formula is C25H46O4. The van der Waals surface area contributed by atoms with E-state index >= 15 is 0 Å². The summed E-state index contributed by atoms with van der Waals surface area (Å²) in [6, 6.07) is 0. The second kappa shape index (κ2) is 16.7. The fraction of sp³-hybridized carbons (Fsp3) is 0.920. The van der Waals surface area contributed by atoms with Crippen molar-refractivity contribution < 1.29 is 19.1 Å². The van der Waals surface area contributed by atoms with E-state index in [4.69, 9.17) is 9.47 Å². The third kappa shape index (κ3) is 12.3. The number of rotatable bonds is 16. The maximum absolute atomic E-state index is 12.5. The topological polar surface area (TPSA) is 52.6 Å². The molecule has 0 bridgehead atoms. The lowest BCUT2D eigenvalue weighted by Crippen LogP contribution is -2.35. The Balaban J connectivity index is 2.21. The maximum Gasteiger partial charge on any atom is 0.309 e. The molecule has 170 valence electrons. The van der Waals surface area contributed by atoms with Crippen LogP contribution in [0.1, 0.15) is 117 Å². The van der Waals surface area contributed by atoms with Crippen LogP contribution in [0.5, 0.6) is 0 Å². The van der Waals surface area contributed by atoms with Crippen LogP contribution in [0.3, 0.4) is 0 Å². The van der Waals surface area contributed by atoms with Crippen LogP contribution in [0, 0.1) is 17.8 Å². The van der Waals surface area contributed by atoms with E-state index in [0.717, 1.165) is 57.3 Å². The molecular weight excluding hydrogens is 364 g/mol.